The molecule has 0 saturated carbocycles. The maximum absolute atomic E-state index is 13.3. The number of nitrogens with zero attached hydrogens (tertiary/aromatic N) is 5. The molecule has 4 rings (SSSR count). The topological polar surface area (TPSA) is 133 Å². The second-order valence-corrected chi connectivity index (χ2v) is 8.04. The Morgan fingerprint density at radius 3 is 2.63 bits per heavy atom. The number of ether oxygens (including phenoxy) is 1. The smallest absolute Gasteiger partial charge is 0.425 e. The molecule has 1 aromatic carbocycles. The van der Waals surface area contributed by atoms with Crippen LogP contribution in [0.1, 0.15) is 17.3 Å². The van der Waals surface area contributed by atoms with Gasteiger partial charge in [0.25, 0.3) is 11.5 Å². The number of benzene rings is 1. The molecule has 15 heteroatoms. The van der Waals surface area contributed by atoms with Crippen molar-refractivity contribution in [1.82, 2.24) is 29.9 Å². The van der Waals surface area contributed by atoms with Crippen molar-refractivity contribution in [3.05, 3.63) is 40.2 Å². The first-order valence-electron chi connectivity index (χ1n) is 11.3. The highest BCUT2D eigenvalue weighted by atomic mass is 19.4. The van der Waals surface area contributed by atoms with Crippen molar-refractivity contribution in [3.63, 3.8) is 0 Å². The summed E-state index contributed by atoms with van der Waals surface area (Å²) in [4.78, 5) is 51.1. The number of aromatic nitrogens is 4. The molecule has 0 spiro atoms. The number of amides is 1. The fraction of sp³-hybridized carbons (Fsp3) is 0.348. The number of imidazole rings is 1. The van der Waals surface area contributed by atoms with Crippen molar-refractivity contribution in [2.75, 3.05) is 31.1 Å². The van der Waals surface area contributed by atoms with Crippen LogP contribution in [0.3, 0.4) is 0 Å². The summed E-state index contributed by atoms with van der Waals surface area (Å²) in [7, 11) is 1.45. The van der Waals surface area contributed by atoms with Crippen LogP contribution in [0.2, 0.25) is 0 Å². The molecular formula is C23H22F3N7O5. The SMILES string of the molecule is CC#CCn1c(N2CCNCC2)nc2nc(Oc3cccc(C(=O)NOC(=O)C(F)(F)F)c3)n(C)c(=O)c21. The predicted octanol–water partition coefficient (Wildman–Crippen LogP) is 1.11. The maximum atomic E-state index is 13.3. The number of alkyl halides is 3. The average Bonchev–Trinajstić information content (AvgIpc) is 3.27. The summed E-state index contributed by atoms with van der Waals surface area (Å²) in [6, 6.07) is 5.12. The lowest BCUT2D eigenvalue weighted by molar-refractivity contribution is -0.204. The Morgan fingerprint density at radius 1 is 1.21 bits per heavy atom. The van der Waals surface area contributed by atoms with Gasteiger partial charge >= 0.3 is 18.2 Å². The first-order valence-corrected chi connectivity index (χ1v) is 11.3. The Hall–Kier alpha value is -4.58. The van der Waals surface area contributed by atoms with E-state index in [1.54, 1.807) is 11.5 Å². The van der Waals surface area contributed by atoms with Gasteiger partial charge in [-0.1, -0.05) is 12.0 Å². The van der Waals surface area contributed by atoms with E-state index >= 15 is 0 Å². The monoisotopic (exact) mass is 533 g/mol. The number of fused-ring (bicyclic) bond motifs is 1. The number of rotatable bonds is 5. The minimum Gasteiger partial charge on any atom is -0.425 e. The molecule has 0 bridgehead atoms. The fourth-order valence-electron chi connectivity index (χ4n) is 3.65. The number of hydroxylamine groups is 1. The number of piperazine rings is 1. The quantitative estimate of drug-likeness (QED) is 0.366. The molecular weight excluding hydrogens is 511 g/mol. The van der Waals surface area contributed by atoms with Crippen LogP contribution >= 0.6 is 0 Å². The third-order valence-electron chi connectivity index (χ3n) is 5.51. The number of carbonyl (C=O) groups excluding carboxylic acids is 2. The Balaban J connectivity index is 1.64. The molecule has 1 aliphatic heterocycles. The Kier molecular flexibility index (Phi) is 7.53. The lowest BCUT2D eigenvalue weighted by atomic mass is 10.2. The predicted molar refractivity (Wildman–Crippen MR) is 127 cm³/mol. The normalized spacial score (nSPS) is 13.6. The van der Waals surface area contributed by atoms with Gasteiger partial charge in [-0.2, -0.15) is 28.6 Å². The minimum absolute atomic E-state index is 0.0419. The van der Waals surface area contributed by atoms with Gasteiger partial charge in [-0.15, -0.1) is 5.92 Å². The van der Waals surface area contributed by atoms with Crippen molar-refractivity contribution in [2.45, 2.75) is 19.6 Å². The van der Waals surface area contributed by atoms with Crippen LogP contribution in [0, 0.1) is 11.8 Å². The number of halogens is 3. The lowest BCUT2D eigenvalue weighted by Crippen LogP contribution is -2.44. The van der Waals surface area contributed by atoms with E-state index in [-0.39, 0.29) is 35.0 Å². The summed E-state index contributed by atoms with van der Waals surface area (Å²) in [5, 5.41) is 3.26. The summed E-state index contributed by atoms with van der Waals surface area (Å²) < 4.78 is 45.5. The molecule has 2 N–H and O–H groups in total. The van der Waals surface area contributed by atoms with Crippen LogP contribution in [0.5, 0.6) is 11.8 Å². The lowest BCUT2D eigenvalue weighted by Gasteiger charge is -2.28. The highest BCUT2D eigenvalue weighted by molar-refractivity contribution is 5.94. The first-order chi connectivity index (χ1) is 18.1. The molecule has 0 unspecified atom stereocenters. The van der Waals surface area contributed by atoms with Gasteiger partial charge in [0.2, 0.25) is 5.95 Å². The molecule has 0 aliphatic carbocycles. The summed E-state index contributed by atoms with van der Waals surface area (Å²) in [5.41, 5.74) is 1.20. The largest absolute Gasteiger partial charge is 0.493 e. The van der Waals surface area contributed by atoms with Crippen LogP contribution < -0.4 is 26.0 Å². The highest BCUT2D eigenvalue weighted by Gasteiger charge is 2.42. The molecule has 12 nitrogen and oxygen atoms in total. The van der Waals surface area contributed by atoms with Gasteiger partial charge in [0, 0.05) is 38.8 Å². The summed E-state index contributed by atoms with van der Waals surface area (Å²) in [6.07, 6.45) is -5.27. The third kappa shape index (κ3) is 5.54. The number of carbonyl (C=O) groups is 2. The number of nitrogens with one attached hydrogen (secondary N) is 2. The van der Waals surface area contributed by atoms with Crippen LogP contribution in [0.25, 0.3) is 11.2 Å². The Morgan fingerprint density at radius 2 is 1.95 bits per heavy atom. The van der Waals surface area contributed by atoms with E-state index in [1.807, 2.05) is 4.90 Å². The zero-order valence-corrected chi connectivity index (χ0v) is 20.3. The zero-order chi connectivity index (χ0) is 27.4. The van der Waals surface area contributed by atoms with Crippen LogP contribution in [-0.2, 0) is 23.2 Å². The van der Waals surface area contributed by atoms with Crippen LogP contribution in [0.4, 0.5) is 19.1 Å². The van der Waals surface area contributed by atoms with Gasteiger partial charge in [0.1, 0.15) is 5.75 Å². The molecule has 1 amide bonds. The molecule has 0 radical (unpaired) electrons. The van der Waals surface area contributed by atoms with Gasteiger partial charge in [-0.05, 0) is 25.1 Å². The van der Waals surface area contributed by atoms with E-state index in [9.17, 15) is 27.6 Å². The van der Waals surface area contributed by atoms with E-state index in [4.69, 9.17) is 4.74 Å². The maximum Gasteiger partial charge on any atom is 0.493 e. The van der Waals surface area contributed by atoms with E-state index in [2.05, 4.69) is 32.0 Å². The summed E-state index contributed by atoms with van der Waals surface area (Å²) >= 11 is 0. The van der Waals surface area contributed by atoms with Crippen LogP contribution in [-0.4, -0.2) is 63.3 Å². The third-order valence-corrected chi connectivity index (χ3v) is 5.51. The zero-order valence-electron chi connectivity index (χ0n) is 20.3. The average molecular weight is 533 g/mol. The summed E-state index contributed by atoms with van der Waals surface area (Å²) in [6.45, 7) is 4.79. The van der Waals surface area contributed by atoms with E-state index in [1.165, 1.54) is 41.4 Å². The number of hydrogen-bond donors (Lipinski definition) is 2. The molecule has 3 heterocycles. The van der Waals surface area contributed by atoms with E-state index in [0.29, 0.717) is 19.0 Å². The van der Waals surface area contributed by atoms with Crippen molar-refractivity contribution >= 4 is 29.0 Å². The Bertz CT molecular complexity index is 1500. The molecule has 0 atom stereocenters. The molecule has 1 saturated heterocycles. The Labute approximate surface area is 213 Å². The van der Waals surface area contributed by atoms with Gasteiger partial charge in [0.05, 0.1) is 6.54 Å². The molecule has 2 aromatic heterocycles. The van der Waals surface area contributed by atoms with Crippen molar-refractivity contribution in [1.29, 1.82) is 0 Å². The van der Waals surface area contributed by atoms with Crippen LogP contribution in [0.15, 0.2) is 29.1 Å². The standard InChI is InChI=1S/C23H22F3N7O5/c1-3-4-10-33-16-17(28-21(33)32-11-8-27-9-12-32)29-22(31(2)19(16)35)37-15-7-5-6-14(13-15)18(34)30-38-20(36)23(24,25)26/h5-7,13,27H,8-12H2,1-2H3,(H,30,34). The molecule has 1 fully saturated rings. The van der Waals surface area contributed by atoms with E-state index < -0.39 is 23.6 Å². The second-order valence-electron chi connectivity index (χ2n) is 8.04. The van der Waals surface area contributed by atoms with Gasteiger partial charge in [0.15, 0.2) is 11.2 Å². The number of anilines is 1. The fourth-order valence-corrected chi connectivity index (χ4v) is 3.65. The molecule has 1 aliphatic rings. The van der Waals surface area contributed by atoms with Crippen molar-refractivity contribution in [2.24, 2.45) is 7.05 Å². The molecule has 38 heavy (non-hydrogen) atoms. The van der Waals surface area contributed by atoms with Gasteiger partial charge in [-0.25, -0.2) is 4.79 Å². The van der Waals surface area contributed by atoms with Crippen molar-refractivity contribution < 1.29 is 32.3 Å². The van der Waals surface area contributed by atoms with Crippen molar-refractivity contribution in [3.8, 4) is 23.6 Å². The highest BCUT2D eigenvalue weighted by Crippen LogP contribution is 2.24. The molecule has 200 valence electrons. The van der Waals surface area contributed by atoms with Gasteiger partial charge in [-0.3, -0.25) is 18.7 Å². The second kappa shape index (κ2) is 10.8. The minimum atomic E-state index is -5.27. The molecule has 3 aromatic rings. The first kappa shape index (κ1) is 26.5. The van der Waals surface area contributed by atoms with Gasteiger partial charge < -0.3 is 19.8 Å². The number of hydrogen-bond acceptors (Lipinski definition) is 9. The summed E-state index contributed by atoms with van der Waals surface area (Å²) in [5.74, 6) is 2.67. The van der Waals surface area contributed by atoms with E-state index in [0.717, 1.165) is 13.1 Å².